The van der Waals surface area contributed by atoms with Crippen molar-refractivity contribution in [3.63, 3.8) is 0 Å². The zero-order chi connectivity index (χ0) is 20.3. The van der Waals surface area contributed by atoms with Crippen LogP contribution in [0.3, 0.4) is 0 Å². The second-order valence-corrected chi connectivity index (χ2v) is 6.51. The van der Waals surface area contributed by atoms with Crippen LogP contribution in [-0.2, 0) is 6.61 Å². The Labute approximate surface area is 176 Å². The van der Waals surface area contributed by atoms with Gasteiger partial charge in [-0.1, -0.05) is 48.5 Å². The molecule has 0 radical (unpaired) electrons. The fourth-order valence-electron chi connectivity index (χ4n) is 2.57. The molecule has 0 amide bonds. The fraction of sp³-hybridized carbons (Fsp3) is 0.130. The number of anilines is 1. The van der Waals surface area contributed by atoms with E-state index in [1.54, 1.807) is 6.21 Å². The van der Waals surface area contributed by atoms with Crippen molar-refractivity contribution in [2.75, 3.05) is 11.9 Å². The molecule has 0 aromatic heterocycles. The predicted molar refractivity (Wildman–Crippen MR) is 122 cm³/mol. The van der Waals surface area contributed by atoms with Crippen LogP contribution >= 0.6 is 12.2 Å². The molecular formula is C23H23N3O2S. The third-order valence-corrected chi connectivity index (χ3v) is 4.11. The largest absolute Gasteiger partial charge is 0.490 e. The Morgan fingerprint density at radius 3 is 2.38 bits per heavy atom. The molecule has 0 saturated heterocycles. The number of benzene rings is 3. The van der Waals surface area contributed by atoms with Crippen molar-refractivity contribution in [1.29, 1.82) is 0 Å². The summed E-state index contributed by atoms with van der Waals surface area (Å²) < 4.78 is 11.7. The van der Waals surface area contributed by atoms with Gasteiger partial charge in [0.05, 0.1) is 12.8 Å². The number of hydrogen-bond acceptors (Lipinski definition) is 4. The van der Waals surface area contributed by atoms with Crippen LogP contribution in [0.4, 0.5) is 5.69 Å². The van der Waals surface area contributed by atoms with Gasteiger partial charge in [0.25, 0.3) is 0 Å². The van der Waals surface area contributed by atoms with Crippen molar-refractivity contribution in [2.45, 2.75) is 13.5 Å². The molecule has 0 unspecified atom stereocenters. The maximum atomic E-state index is 5.92. The number of para-hydroxylation sites is 1. The lowest BCUT2D eigenvalue weighted by Crippen LogP contribution is -2.23. The monoisotopic (exact) mass is 405 g/mol. The molecule has 3 aromatic rings. The molecule has 0 fully saturated rings. The van der Waals surface area contributed by atoms with E-state index in [9.17, 15) is 0 Å². The van der Waals surface area contributed by atoms with Crippen LogP contribution < -0.4 is 20.2 Å². The fourth-order valence-corrected chi connectivity index (χ4v) is 2.74. The van der Waals surface area contributed by atoms with E-state index >= 15 is 0 Å². The quantitative estimate of drug-likeness (QED) is 0.314. The lowest BCUT2D eigenvalue weighted by molar-refractivity contribution is 0.269. The first-order chi connectivity index (χ1) is 14.2. The second-order valence-electron chi connectivity index (χ2n) is 6.10. The molecule has 0 aliphatic carbocycles. The highest BCUT2D eigenvalue weighted by atomic mass is 32.1. The summed E-state index contributed by atoms with van der Waals surface area (Å²) in [5.74, 6) is 1.37. The van der Waals surface area contributed by atoms with Gasteiger partial charge < -0.3 is 14.8 Å². The van der Waals surface area contributed by atoms with Crippen molar-refractivity contribution >= 4 is 29.2 Å². The Morgan fingerprint density at radius 1 is 0.931 bits per heavy atom. The molecule has 0 spiro atoms. The SMILES string of the molecule is CCOc1cc(C=NNC(=S)Nc2ccccc2)ccc1OCc1ccccc1. The topological polar surface area (TPSA) is 54.9 Å². The van der Waals surface area contributed by atoms with Gasteiger partial charge in [0.15, 0.2) is 16.6 Å². The summed E-state index contributed by atoms with van der Waals surface area (Å²) in [6.07, 6.45) is 1.68. The lowest BCUT2D eigenvalue weighted by atomic mass is 10.2. The van der Waals surface area contributed by atoms with Gasteiger partial charge in [-0.15, -0.1) is 0 Å². The third-order valence-electron chi connectivity index (χ3n) is 3.92. The number of nitrogens with zero attached hydrogens (tertiary/aromatic N) is 1. The van der Waals surface area contributed by atoms with E-state index in [-0.39, 0.29) is 0 Å². The van der Waals surface area contributed by atoms with Crippen LogP contribution in [0.25, 0.3) is 0 Å². The molecular weight excluding hydrogens is 382 g/mol. The van der Waals surface area contributed by atoms with E-state index < -0.39 is 0 Å². The number of thiocarbonyl (C=S) groups is 1. The Bertz CT molecular complexity index is 947. The van der Waals surface area contributed by atoms with Crippen LogP contribution in [0.15, 0.2) is 84.0 Å². The van der Waals surface area contributed by atoms with Gasteiger partial charge >= 0.3 is 0 Å². The van der Waals surface area contributed by atoms with Gasteiger partial charge in [-0.05, 0) is 60.6 Å². The molecule has 6 heteroatoms. The molecule has 3 aromatic carbocycles. The number of nitrogens with one attached hydrogen (secondary N) is 2. The molecule has 0 aliphatic heterocycles. The van der Waals surface area contributed by atoms with Gasteiger partial charge in [0.1, 0.15) is 6.61 Å². The van der Waals surface area contributed by atoms with Crippen LogP contribution in [0.2, 0.25) is 0 Å². The van der Waals surface area contributed by atoms with E-state index in [0.29, 0.717) is 29.8 Å². The molecule has 0 atom stereocenters. The van der Waals surface area contributed by atoms with Gasteiger partial charge in [-0.3, -0.25) is 5.43 Å². The number of ether oxygens (including phenoxy) is 2. The Morgan fingerprint density at radius 2 is 1.66 bits per heavy atom. The molecule has 0 aliphatic rings. The van der Waals surface area contributed by atoms with E-state index in [0.717, 1.165) is 16.8 Å². The first kappa shape index (κ1) is 20.4. The predicted octanol–water partition coefficient (Wildman–Crippen LogP) is 4.98. The smallest absolute Gasteiger partial charge is 0.191 e. The minimum absolute atomic E-state index is 0.417. The van der Waals surface area contributed by atoms with Crippen molar-refractivity contribution < 1.29 is 9.47 Å². The average molecular weight is 406 g/mol. The molecule has 29 heavy (non-hydrogen) atoms. The van der Waals surface area contributed by atoms with Crippen molar-refractivity contribution in [1.82, 2.24) is 5.43 Å². The van der Waals surface area contributed by atoms with Gasteiger partial charge in [-0.2, -0.15) is 5.10 Å². The van der Waals surface area contributed by atoms with Crippen molar-refractivity contribution in [3.05, 3.63) is 90.0 Å². The Kier molecular flexibility index (Phi) is 7.60. The summed E-state index contributed by atoms with van der Waals surface area (Å²) in [5, 5.41) is 7.67. The van der Waals surface area contributed by atoms with E-state index in [4.69, 9.17) is 21.7 Å². The summed E-state index contributed by atoms with van der Waals surface area (Å²) in [6, 6.07) is 25.4. The van der Waals surface area contributed by atoms with Crippen molar-refractivity contribution in [2.24, 2.45) is 5.10 Å². The summed E-state index contributed by atoms with van der Waals surface area (Å²) in [7, 11) is 0. The van der Waals surface area contributed by atoms with Crippen molar-refractivity contribution in [3.8, 4) is 11.5 Å². The van der Waals surface area contributed by atoms with Gasteiger partial charge in [-0.25, -0.2) is 0 Å². The Hall–Kier alpha value is -3.38. The summed E-state index contributed by atoms with van der Waals surface area (Å²) in [5.41, 5.74) is 5.68. The standard InChI is InChI=1S/C23H23N3O2S/c1-2-27-22-15-19(13-14-21(22)28-17-18-9-5-3-6-10-18)16-24-26-23(29)25-20-11-7-4-8-12-20/h3-16H,2,17H2,1H3,(H2,25,26,29). The van der Waals surface area contributed by atoms with Crippen LogP contribution in [0.1, 0.15) is 18.1 Å². The third kappa shape index (κ3) is 6.62. The highest BCUT2D eigenvalue weighted by molar-refractivity contribution is 7.80. The first-order valence-corrected chi connectivity index (χ1v) is 9.74. The molecule has 0 heterocycles. The lowest BCUT2D eigenvalue weighted by Gasteiger charge is -2.12. The zero-order valence-electron chi connectivity index (χ0n) is 16.2. The van der Waals surface area contributed by atoms with Crippen LogP contribution in [-0.4, -0.2) is 17.9 Å². The highest BCUT2D eigenvalue weighted by Gasteiger charge is 2.06. The summed E-state index contributed by atoms with van der Waals surface area (Å²) in [4.78, 5) is 0. The van der Waals surface area contributed by atoms with Gasteiger partial charge in [0, 0.05) is 5.69 Å². The van der Waals surface area contributed by atoms with E-state index in [1.807, 2.05) is 85.8 Å². The Balaban J connectivity index is 1.59. The minimum atomic E-state index is 0.417. The second kappa shape index (κ2) is 10.8. The minimum Gasteiger partial charge on any atom is -0.490 e. The molecule has 5 nitrogen and oxygen atoms in total. The molecule has 0 bridgehead atoms. The van der Waals surface area contributed by atoms with Crippen LogP contribution in [0.5, 0.6) is 11.5 Å². The normalized spacial score (nSPS) is 10.5. The maximum Gasteiger partial charge on any atom is 0.191 e. The number of rotatable bonds is 8. The molecule has 0 saturated carbocycles. The van der Waals surface area contributed by atoms with Gasteiger partial charge in [0.2, 0.25) is 0 Å². The van der Waals surface area contributed by atoms with Crippen LogP contribution in [0, 0.1) is 0 Å². The highest BCUT2D eigenvalue weighted by Crippen LogP contribution is 2.28. The van der Waals surface area contributed by atoms with E-state index in [1.165, 1.54) is 0 Å². The molecule has 148 valence electrons. The number of hydrazone groups is 1. The molecule has 2 N–H and O–H groups in total. The first-order valence-electron chi connectivity index (χ1n) is 9.33. The number of hydrogen-bond donors (Lipinski definition) is 2. The molecule has 3 rings (SSSR count). The van der Waals surface area contributed by atoms with E-state index in [2.05, 4.69) is 15.8 Å². The summed E-state index contributed by atoms with van der Waals surface area (Å²) in [6.45, 7) is 2.97. The zero-order valence-corrected chi connectivity index (χ0v) is 17.0. The maximum absolute atomic E-state index is 5.92. The summed E-state index contributed by atoms with van der Waals surface area (Å²) >= 11 is 5.24. The average Bonchev–Trinajstić information content (AvgIpc) is 2.75.